The summed E-state index contributed by atoms with van der Waals surface area (Å²) < 4.78 is 21.0. The van der Waals surface area contributed by atoms with E-state index in [1.54, 1.807) is 0 Å². The van der Waals surface area contributed by atoms with Gasteiger partial charge in [0.2, 0.25) is 0 Å². The normalized spacial score (nSPS) is 13.1. The molecule has 0 bridgehead atoms. The molecule has 0 saturated heterocycles. The summed E-state index contributed by atoms with van der Waals surface area (Å²) in [5, 5.41) is 4.98. The number of rotatable bonds is 3. The fraction of sp³-hybridized carbons (Fsp3) is 0.111. The van der Waals surface area contributed by atoms with Gasteiger partial charge in [-0.05, 0) is 46.8 Å². The Hall–Kier alpha value is -2.35. The minimum Gasteiger partial charge on any atom is -0.486 e. The van der Waals surface area contributed by atoms with Crippen molar-refractivity contribution in [1.29, 1.82) is 0 Å². The number of nitrogens with zero attached hydrogens (tertiary/aromatic N) is 2. The van der Waals surface area contributed by atoms with E-state index in [2.05, 4.69) is 14.1 Å². The molecule has 4 aromatic rings. The van der Waals surface area contributed by atoms with Crippen LogP contribution >= 0.6 is 34.7 Å². The largest absolute Gasteiger partial charge is 0.486 e. The van der Waals surface area contributed by atoms with Crippen molar-refractivity contribution in [3.05, 3.63) is 47.6 Å². The van der Waals surface area contributed by atoms with Crippen LogP contribution in [0.5, 0.6) is 11.5 Å². The van der Waals surface area contributed by atoms with Gasteiger partial charge in [-0.3, -0.25) is 0 Å². The molecule has 1 aliphatic rings. The van der Waals surface area contributed by atoms with Crippen LogP contribution in [0.4, 0.5) is 11.5 Å². The second-order valence-corrected chi connectivity index (χ2v) is 7.92. The molecule has 0 saturated carbocycles. The topological polar surface area (TPSA) is 56.3 Å². The van der Waals surface area contributed by atoms with Gasteiger partial charge in [0.25, 0.3) is 0 Å². The van der Waals surface area contributed by atoms with E-state index in [4.69, 9.17) is 21.1 Å². The lowest BCUT2D eigenvalue weighted by Gasteiger charge is -2.19. The van der Waals surface area contributed by atoms with Crippen LogP contribution in [0.3, 0.4) is 0 Å². The molecular weight excluding hydrogens is 390 g/mol. The van der Waals surface area contributed by atoms with Gasteiger partial charge in [0.05, 0.1) is 22.3 Å². The Morgan fingerprint density at radius 2 is 1.92 bits per heavy atom. The predicted octanol–water partition coefficient (Wildman–Crippen LogP) is 5.59. The van der Waals surface area contributed by atoms with Crippen LogP contribution in [0.2, 0.25) is 5.02 Å². The van der Waals surface area contributed by atoms with E-state index in [1.807, 2.05) is 42.6 Å². The Morgan fingerprint density at radius 3 is 2.85 bits per heavy atom. The zero-order valence-electron chi connectivity index (χ0n) is 13.4. The van der Waals surface area contributed by atoms with Gasteiger partial charge in [-0.25, -0.2) is 0 Å². The third kappa shape index (κ3) is 2.68. The Labute approximate surface area is 162 Å². The van der Waals surface area contributed by atoms with Crippen LogP contribution in [0.15, 0.2) is 42.6 Å². The van der Waals surface area contributed by atoms with Crippen LogP contribution in [-0.2, 0) is 0 Å². The van der Waals surface area contributed by atoms with Gasteiger partial charge in [-0.2, -0.15) is 8.75 Å². The van der Waals surface area contributed by atoms with E-state index >= 15 is 0 Å². The summed E-state index contributed by atoms with van der Waals surface area (Å²) in [6.45, 7) is 1.13. The second-order valence-electron chi connectivity index (χ2n) is 5.71. The van der Waals surface area contributed by atoms with Crippen LogP contribution in [0.25, 0.3) is 20.5 Å². The van der Waals surface area contributed by atoms with Gasteiger partial charge < -0.3 is 14.8 Å². The molecule has 2 aromatic heterocycles. The number of ether oxygens (including phenoxy) is 2. The highest BCUT2D eigenvalue weighted by atomic mass is 35.5. The molecule has 0 radical (unpaired) electrons. The Morgan fingerprint density at radius 1 is 1.04 bits per heavy atom. The lowest BCUT2D eigenvalue weighted by molar-refractivity contribution is 0.171. The molecule has 26 heavy (non-hydrogen) atoms. The van der Waals surface area contributed by atoms with Gasteiger partial charge in [-0.1, -0.05) is 29.8 Å². The number of fused-ring (bicyclic) bond motifs is 2. The van der Waals surface area contributed by atoms with Crippen molar-refractivity contribution in [1.82, 2.24) is 8.75 Å². The first-order valence-electron chi connectivity index (χ1n) is 7.95. The maximum absolute atomic E-state index is 6.70. The van der Waals surface area contributed by atoms with E-state index in [0.717, 1.165) is 43.5 Å². The SMILES string of the molecule is Clc1c(Nc2nsc3sncc23)cccc1-c1ccc2c(c1)OCCO2. The van der Waals surface area contributed by atoms with E-state index in [0.29, 0.717) is 18.2 Å². The van der Waals surface area contributed by atoms with Crippen molar-refractivity contribution in [2.45, 2.75) is 0 Å². The third-order valence-corrected chi connectivity index (χ3v) is 6.23. The lowest BCUT2D eigenvalue weighted by atomic mass is 10.0. The summed E-state index contributed by atoms with van der Waals surface area (Å²) in [6.07, 6.45) is 1.82. The van der Waals surface area contributed by atoms with E-state index in [-0.39, 0.29) is 0 Å². The smallest absolute Gasteiger partial charge is 0.161 e. The van der Waals surface area contributed by atoms with Crippen molar-refractivity contribution in [3.63, 3.8) is 0 Å². The van der Waals surface area contributed by atoms with Crippen molar-refractivity contribution < 1.29 is 9.47 Å². The standard InChI is InChI=1S/C18H12ClN3O2S2/c19-16-11(10-4-5-14-15(8-10)24-7-6-23-14)2-1-3-13(16)21-17-12-9-20-25-18(12)26-22-17/h1-5,8-9H,6-7H2,(H,21,22). The van der Waals surface area contributed by atoms with Gasteiger partial charge in [0.1, 0.15) is 17.2 Å². The Balaban J connectivity index is 1.53. The molecule has 1 aliphatic heterocycles. The summed E-state index contributed by atoms with van der Waals surface area (Å²) in [6, 6.07) is 11.8. The molecule has 3 heterocycles. The van der Waals surface area contributed by atoms with E-state index in [1.165, 1.54) is 23.1 Å². The van der Waals surface area contributed by atoms with Gasteiger partial charge in [0, 0.05) is 5.56 Å². The number of nitrogens with one attached hydrogen (secondary N) is 1. The zero-order chi connectivity index (χ0) is 17.5. The molecule has 8 heteroatoms. The predicted molar refractivity (Wildman–Crippen MR) is 106 cm³/mol. The summed E-state index contributed by atoms with van der Waals surface area (Å²) in [5.41, 5.74) is 2.70. The second kappa shape index (κ2) is 6.42. The fourth-order valence-electron chi connectivity index (χ4n) is 2.87. The van der Waals surface area contributed by atoms with Crippen LogP contribution < -0.4 is 14.8 Å². The fourth-order valence-corrected chi connectivity index (χ4v) is 4.59. The number of anilines is 2. The maximum Gasteiger partial charge on any atom is 0.161 e. The highest BCUT2D eigenvalue weighted by Gasteiger charge is 2.16. The van der Waals surface area contributed by atoms with Crippen molar-refractivity contribution in [2.24, 2.45) is 0 Å². The highest BCUT2D eigenvalue weighted by Crippen LogP contribution is 2.40. The van der Waals surface area contributed by atoms with E-state index < -0.39 is 0 Å². The Bertz CT molecular complexity index is 1110. The number of hydrogen-bond acceptors (Lipinski definition) is 7. The molecule has 5 nitrogen and oxygen atoms in total. The molecule has 0 fully saturated rings. The quantitative estimate of drug-likeness (QED) is 0.485. The van der Waals surface area contributed by atoms with Crippen LogP contribution in [-0.4, -0.2) is 22.0 Å². The highest BCUT2D eigenvalue weighted by molar-refractivity contribution is 7.33. The summed E-state index contributed by atoms with van der Waals surface area (Å²) in [5.74, 6) is 2.29. The number of aromatic nitrogens is 2. The van der Waals surface area contributed by atoms with Gasteiger partial charge in [0.15, 0.2) is 17.3 Å². The molecule has 0 atom stereocenters. The number of halogens is 1. The average Bonchev–Trinajstić information content (AvgIpc) is 3.28. The molecular formula is C18H12ClN3O2S2. The molecule has 5 rings (SSSR count). The third-order valence-electron chi connectivity index (χ3n) is 4.12. The number of hydrogen-bond donors (Lipinski definition) is 1. The summed E-state index contributed by atoms with van der Waals surface area (Å²) in [4.78, 5) is 0. The molecule has 0 aliphatic carbocycles. The first-order valence-corrected chi connectivity index (χ1v) is 9.88. The monoisotopic (exact) mass is 401 g/mol. The van der Waals surface area contributed by atoms with Crippen LogP contribution in [0, 0.1) is 0 Å². The average molecular weight is 402 g/mol. The summed E-state index contributed by atoms with van der Waals surface area (Å²) >= 11 is 9.57. The molecule has 0 amide bonds. The number of benzene rings is 2. The maximum atomic E-state index is 6.70. The van der Waals surface area contributed by atoms with Crippen molar-refractivity contribution >= 4 is 55.6 Å². The molecule has 1 N–H and O–H groups in total. The first kappa shape index (κ1) is 15.9. The minimum atomic E-state index is 0.556. The Kier molecular flexibility index (Phi) is 3.92. The molecule has 2 aromatic carbocycles. The minimum absolute atomic E-state index is 0.556. The molecule has 0 spiro atoms. The van der Waals surface area contributed by atoms with Crippen molar-refractivity contribution in [2.75, 3.05) is 18.5 Å². The zero-order valence-corrected chi connectivity index (χ0v) is 15.7. The van der Waals surface area contributed by atoms with Gasteiger partial charge >= 0.3 is 0 Å². The van der Waals surface area contributed by atoms with Gasteiger partial charge in [-0.15, -0.1) is 0 Å². The molecule has 0 unspecified atom stereocenters. The van der Waals surface area contributed by atoms with Crippen molar-refractivity contribution in [3.8, 4) is 22.6 Å². The van der Waals surface area contributed by atoms with Crippen LogP contribution in [0.1, 0.15) is 0 Å². The summed E-state index contributed by atoms with van der Waals surface area (Å²) in [7, 11) is 0. The first-order chi connectivity index (χ1) is 12.8. The lowest BCUT2D eigenvalue weighted by Crippen LogP contribution is -2.15. The van der Waals surface area contributed by atoms with E-state index in [9.17, 15) is 0 Å². The molecule has 130 valence electrons.